The number of nitrogens with one attached hydrogen (secondary N) is 1. The molecular formula is C21H22FNO5. The van der Waals surface area contributed by atoms with Crippen LogP contribution in [-0.4, -0.2) is 36.3 Å². The lowest BCUT2D eigenvalue weighted by Gasteiger charge is -2.23. The van der Waals surface area contributed by atoms with Gasteiger partial charge in [-0.05, 0) is 42.2 Å². The van der Waals surface area contributed by atoms with Crippen LogP contribution in [0, 0.1) is 5.82 Å². The Morgan fingerprint density at radius 2 is 1.89 bits per heavy atom. The summed E-state index contributed by atoms with van der Waals surface area (Å²) < 4.78 is 25.2. The van der Waals surface area contributed by atoms with Crippen LogP contribution in [0.25, 0.3) is 0 Å². The summed E-state index contributed by atoms with van der Waals surface area (Å²) in [4.78, 5) is 23.4. The maximum Gasteiger partial charge on any atom is 0.307 e. The van der Waals surface area contributed by atoms with Crippen molar-refractivity contribution in [2.75, 3.05) is 18.5 Å². The second-order valence-corrected chi connectivity index (χ2v) is 6.61. The van der Waals surface area contributed by atoms with Crippen LogP contribution in [0.3, 0.4) is 0 Å². The van der Waals surface area contributed by atoms with Gasteiger partial charge < -0.3 is 19.9 Å². The Morgan fingerprint density at radius 3 is 2.61 bits per heavy atom. The molecule has 28 heavy (non-hydrogen) atoms. The SMILES string of the molecule is O=C(O)Cc1ccc(NC(=O)c2ccccc2COC2CCOCC2)cc1F. The van der Waals surface area contributed by atoms with Crippen molar-refractivity contribution >= 4 is 17.6 Å². The van der Waals surface area contributed by atoms with Crippen molar-refractivity contribution in [1.82, 2.24) is 0 Å². The van der Waals surface area contributed by atoms with Gasteiger partial charge in [0.25, 0.3) is 5.91 Å². The van der Waals surface area contributed by atoms with Gasteiger partial charge >= 0.3 is 5.97 Å². The number of hydrogen-bond acceptors (Lipinski definition) is 4. The fourth-order valence-corrected chi connectivity index (χ4v) is 3.05. The molecular weight excluding hydrogens is 365 g/mol. The Hall–Kier alpha value is -2.77. The Kier molecular flexibility index (Phi) is 6.73. The van der Waals surface area contributed by atoms with Crippen LogP contribution < -0.4 is 5.32 Å². The van der Waals surface area contributed by atoms with E-state index < -0.39 is 18.2 Å². The minimum Gasteiger partial charge on any atom is -0.481 e. The fourth-order valence-electron chi connectivity index (χ4n) is 3.05. The first-order valence-corrected chi connectivity index (χ1v) is 9.12. The van der Waals surface area contributed by atoms with Gasteiger partial charge in [0.2, 0.25) is 0 Å². The number of hydrogen-bond donors (Lipinski definition) is 2. The Bertz CT molecular complexity index is 848. The number of halogens is 1. The van der Waals surface area contributed by atoms with Gasteiger partial charge in [-0.3, -0.25) is 9.59 Å². The smallest absolute Gasteiger partial charge is 0.307 e. The van der Waals surface area contributed by atoms with Crippen LogP contribution in [0.2, 0.25) is 0 Å². The molecule has 7 heteroatoms. The van der Waals surface area contributed by atoms with Gasteiger partial charge in [0.1, 0.15) is 5.82 Å². The molecule has 1 saturated heterocycles. The van der Waals surface area contributed by atoms with E-state index in [2.05, 4.69) is 5.32 Å². The third-order valence-electron chi connectivity index (χ3n) is 4.56. The number of carbonyl (C=O) groups excluding carboxylic acids is 1. The summed E-state index contributed by atoms with van der Waals surface area (Å²) in [5, 5.41) is 11.4. The summed E-state index contributed by atoms with van der Waals surface area (Å²) in [5.74, 6) is -2.16. The molecule has 0 atom stereocenters. The summed E-state index contributed by atoms with van der Waals surface area (Å²) >= 11 is 0. The number of benzene rings is 2. The highest BCUT2D eigenvalue weighted by Crippen LogP contribution is 2.19. The zero-order valence-electron chi connectivity index (χ0n) is 15.3. The van der Waals surface area contributed by atoms with Gasteiger partial charge in [0, 0.05) is 24.5 Å². The Morgan fingerprint density at radius 1 is 1.14 bits per heavy atom. The molecule has 6 nitrogen and oxygen atoms in total. The topological polar surface area (TPSA) is 84.9 Å². The normalized spacial score (nSPS) is 14.6. The van der Waals surface area contributed by atoms with Gasteiger partial charge in [0.15, 0.2) is 0 Å². The standard InChI is InChI=1S/C21H22FNO5/c22-19-12-16(6-5-14(19)11-20(24)25)23-21(26)18-4-2-1-3-15(18)13-28-17-7-9-27-10-8-17/h1-6,12,17H,7-11,13H2,(H,23,26)(H,24,25). The van der Waals surface area contributed by atoms with E-state index in [-0.39, 0.29) is 23.3 Å². The summed E-state index contributed by atoms with van der Waals surface area (Å²) in [7, 11) is 0. The highest BCUT2D eigenvalue weighted by Gasteiger charge is 2.17. The van der Waals surface area contributed by atoms with E-state index in [4.69, 9.17) is 14.6 Å². The first-order valence-electron chi connectivity index (χ1n) is 9.12. The summed E-state index contributed by atoms with van der Waals surface area (Å²) in [6, 6.07) is 11.1. The van der Waals surface area contributed by atoms with Crippen LogP contribution in [0.1, 0.15) is 34.3 Å². The van der Waals surface area contributed by atoms with Gasteiger partial charge in [-0.15, -0.1) is 0 Å². The molecule has 0 spiro atoms. The van der Waals surface area contributed by atoms with E-state index in [1.165, 1.54) is 12.1 Å². The van der Waals surface area contributed by atoms with Crippen LogP contribution in [0.4, 0.5) is 10.1 Å². The number of rotatable bonds is 7. The van der Waals surface area contributed by atoms with Gasteiger partial charge in [-0.1, -0.05) is 24.3 Å². The van der Waals surface area contributed by atoms with E-state index in [9.17, 15) is 14.0 Å². The molecule has 2 N–H and O–H groups in total. The molecule has 148 valence electrons. The summed E-state index contributed by atoms with van der Waals surface area (Å²) in [6.07, 6.45) is 1.36. The van der Waals surface area contributed by atoms with Crippen molar-refractivity contribution in [2.24, 2.45) is 0 Å². The molecule has 1 heterocycles. The first kappa shape index (κ1) is 20.0. The zero-order chi connectivity index (χ0) is 19.9. The Balaban J connectivity index is 1.67. The third-order valence-corrected chi connectivity index (χ3v) is 4.56. The first-order chi connectivity index (χ1) is 13.5. The van der Waals surface area contributed by atoms with Crippen LogP contribution in [0.15, 0.2) is 42.5 Å². The number of carbonyl (C=O) groups is 2. The maximum atomic E-state index is 14.0. The van der Waals surface area contributed by atoms with Crippen LogP contribution >= 0.6 is 0 Å². The number of amides is 1. The van der Waals surface area contributed by atoms with Gasteiger partial charge in [-0.2, -0.15) is 0 Å². The molecule has 1 aliphatic heterocycles. The number of anilines is 1. The fraction of sp³-hybridized carbons (Fsp3) is 0.333. The molecule has 0 aromatic heterocycles. The number of aliphatic carboxylic acids is 1. The minimum absolute atomic E-state index is 0.0655. The largest absolute Gasteiger partial charge is 0.481 e. The third kappa shape index (κ3) is 5.37. The molecule has 0 bridgehead atoms. The van der Waals surface area contributed by atoms with E-state index >= 15 is 0 Å². The average Bonchev–Trinajstić information content (AvgIpc) is 2.69. The van der Waals surface area contributed by atoms with Gasteiger partial charge in [-0.25, -0.2) is 4.39 Å². The number of ether oxygens (including phenoxy) is 2. The molecule has 1 fully saturated rings. The molecule has 3 rings (SSSR count). The molecule has 2 aromatic rings. The average molecular weight is 387 g/mol. The van der Waals surface area contributed by atoms with Crippen LogP contribution in [-0.2, 0) is 27.3 Å². The molecule has 1 aliphatic rings. The molecule has 2 aromatic carbocycles. The zero-order valence-corrected chi connectivity index (χ0v) is 15.3. The summed E-state index contributed by atoms with van der Waals surface area (Å²) in [5.41, 5.74) is 1.52. The second-order valence-electron chi connectivity index (χ2n) is 6.61. The molecule has 0 unspecified atom stereocenters. The van der Waals surface area contributed by atoms with E-state index in [1.54, 1.807) is 12.1 Å². The van der Waals surface area contributed by atoms with Crippen molar-refractivity contribution in [1.29, 1.82) is 0 Å². The highest BCUT2D eigenvalue weighted by atomic mass is 19.1. The molecule has 0 radical (unpaired) electrons. The molecule has 0 aliphatic carbocycles. The molecule has 1 amide bonds. The van der Waals surface area contributed by atoms with Crippen molar-refractivity contribution in [3.8, 4) is 0 Å². The second kappa shape index (κ2) is 9.43. The van der Waals surface area contributed by atoms with E-state index in [0.717, 1.165) is 24.5 Å². The van der Waals surface area contributed by atoms with E-state index in [0.29, 0.717) is 25.4 Å². The highest BCUT2D eigenvalue weighted by molar-refractivity contribution is 6.05. The predicted octanol–water partition coefficient (Wildman–Crippen LogP) is 3.40. The van der Waals surface area contributed by atoms with Gasteiger partial charge in [0.05, 0.1) is 19.1 Å². The lowest BCUT2D eigenvalue weighted by atomic mass is 10.1. The van der Waals surface area contributed by atoms with Crippen molar-refractivity contribution in [3.05, 3.63) is 65.0 Å². The monoisotopic (exact) mass is 387 g/mol. The quantitative estimate of drug-likeness (QED) is 0.761. The summed E-state index contributed by atoms with van der Waals surface area (Å²) in [6.45, 7) is 1.66. The van der Waals surface area contributed by atoms with E-state index in [1.807, 2.05) is 12.1 Å². The number of carboxylic acid groups (broad SMARTS) is 1. The maximum absolute atomic E-state index is 14.0. The lowest BCUT2D eigenvalue weighted by molar-refractivity contribution is -0.136. The van der Waals surface area contributed by atoms with Crippen molar-refractivity contribution < 1.29 is 28.6 Å². The van der Waals surface area contributed by atoms with Crippen molar-refractivity contribution in [3.63, 3.8) is 0 Å². The molecule has 0 saturated carbocycles. The van der Waals surface area contributed by atoms with Crippen molar-refractivity contribution in [2.45, 2.75) is 32.0 Å². The lowest BCUT2D eigenvalue weighted by Crippen LogP contribution is -2.24. The predicted molar refractivity (Wildman–Crippen MR) is 101 cm³/mol. The minimum atomic E-state index is -1.12. The number of carboxylic acids is 1. The van der Waals surface area contributed by atoms with Crippen LogP contribution in [0.5, 0.6) is 0 Å². The Labute approximate surface area is 162 Å².